The van der Waals surface area contributed by atoms with Gasteiger partial charge in [-0.2, -0.15) is 0 Å². The Morgan fingerprint density at radius 1 is 1.27 bits per heavy atom. The number of carbonyl (C=O) groups is 2. The molecule has 0 bridgehead atoms. The molecule has 0 saturated carbocycles. The number of carbonyl (C=O) groups excluding carboxylic acids is 2. The summed E-state index contributed by atoms with van der Waals surface area (Å²) in [6.07, 6.45) is -1.10. The maximum absolute atomic E-state index is 12.1. The van der Waals surface area contributed by atoms with Gasteiger partial charge in [0, 0.05) is 29.4 Å². The molecule has 0 spiro atoms. The van der Waals surface area contributed by atoms with Gasteiger partial charge in [-0.05, 0) is 30.7 Å². The van der Waals surface area contributed by atoms with E-state index in [-0.39, 0.29) is 23.5 Å². The molecule has 1 amide bonds. The largest absolute Gasteiger partial charge is 0.449 e. The molecule has 1 atom stereocenters. The number of non-ortho nitro benzene ring substituents is 1. The highest BCUT2D eigenvalue weighted by Gasteiger charge is 2.22. The Hall–Kier alpha value is -3.13. The number of nitrogen functional groups attached to an aromatic ring is 1. The van der Waals surface area contributed by atoms with Gasteiger partial charge in [0.05, 0.1) is 10.5 Å². The average Bonchev–Trinajstić information content (AvgIpc) is 2.60. The number of benzene rings is 2. The Morgan fingerprint density at radius 3 is 2.54 bits per heavy atom. The summed E-state index contributed by atoms with van der Waals surface area (Å²) < 4.78 is 5.05. The summed E-state index contributed by atoms with van der Waals surface area (Å²) in [5.41, 5.74) is 6.03. The van der Waals surface area contributed by atoms with Gasteiger partial charge in [-0.3, -0.25) is 14.9 Å². The number of anilines is 1. The quantitative estimate of drug-likeness (QED) is 0.345. The summed E-state index contributed by atoms with van der Waals surface area (Å²) in [5.74, 6) is -1.43. The Bertz CT molecular complexity index is 839. The minimum Gasteiger partial charge on any atom is -0.449 e. The van der Waals surface area contributed by atoms with Crippen LogP contribution in [-0.4, -0.2) is 22.9 Å². The second-order valence-electron chi connectivity index (χ2n) is 5.42. The summed E-state index contributed by atoms with van der Waals surface area (Å²) >= 11 is 5.79. The molecule has 136 valence electrons. The molecule has 3 N–H and O–H groups in total. The van der Waals surface area contributed by atoms with E-state index in [0.29, 0.717) is 5.02 Å². The van der Waals surface area contributed by atoms with Crippen molar-refractivity contribution in [1.29, 1.82) is 0 Å². The van der Waals surface area contributed by atoms with Crippen LogP contribution in [0.3, 0.4) is 0 Å². The number of nitrogens with zero attached hydrogens (tertiary/aromatic N) is 1. The third-order valence-electron chi connectivity index (χ3n) is 3.50. The molecule has 0 aliphatic carbocycles. The third kappa shape index (κ3) is 4.93. The van der Waals surface area contributed by atoms with E-state index in [1.54, 1.807) is 24.3 Å². The van der Waals surface area contributed by atoms with Gasteiger partial charge in [0.2, 0.25) is 0 Å². The predicted octanol–water partition coefficient (Wildman–Crippen LogP) is 2.69. The van der Waals surface area contributed by atoms with Crippen LogP contribution in [0.5, 0.6) is 0 Å². The Kier molecular flexibility index (Phi) is 6.13. The van der Waals surface area contributed by atoms with E-state index in [2.05, 4.69) is 5.32 Å². The first kappa shape index (κ1) is 19.2. The summed E-state index contributed by atoms with van der Waals surface area (Å²) in [6.45, 7) is 1.62. The fraction of sp³-hybridized carbons (Fsp3) is 0.176. The van der Waals surface area contributed by atoms with Crippen LogP contribution in [0.25, 0.3) is 0 Å². The topological polar surface area (TPSA) is 125 Å². The van der Waals surface area contributed by atoms with E-state index in [4.69, 9.17) is 22.1 Å². The lowest BCUT2D eigenvalue weighted by molar-refractivity contribution is -0.384. The SMILES string of the molecule is CC(OC(=O)c1cc([N+](=O)[O-])ccc1N)C(=O)NCc1ccc(Cl)cc1. The standard InChI is InChI=1S/C17H16ClN3O5/c1-10(16(22)20-9-11-2-4-12(18)5-3-11)26-17(23)14-8-13(21(24)25)6-7-15(14)19/h2-8,10H,9,19H2,1H3,(H,20,22). The average molecular weight is 378 g/mol. The Morgan fingerprint density at radius 2 is 1.92 bits per heavy atom. The van der Waals surface area contributed by atoms with Crippen LogP contribution in [0.4, 0.5) is 11.4 Å². The van der Waals surface area contributed by atoms with Crippen LogP contribution >= 0.6 is 11.6 Å². The maximum atomic E-state index is 12.1. The molecule has 1 unspecified atom stereocenters. The van der Waals surface area contributed by atoms with Crippen molar-refractivity contribution in [3.8, 4) is 0 Å². The molecule has 0 saturated heterocycles. The van der Waals surface area contributed by atoms with Gasteiger partial charge >= 0.3 is 5.97 Å². The highest BCUT2D eigenvalue weighted by Crippen LogP contribution is 2.21. The lowest BCUT2D eigenvalue weighted by atomic mass is 10.1. The van der Waals surface area contributed by atoms with Crippen molar-refractivity contribution in [2.45, 2.75) is 19.6 Å². The number of amides is 1. The Balaban J connectivity index is 1.97. The van der Waals surface area contributed by atoms with Crippen molar-refractivity contribution in [3.63, 3.8) is 0 Å². The number of ether oxygens (including phenoxy) is 1. The minimum absolute atomic E-state index is 0.0226. The van der Waals surface area contributed by atoms with Crippen LogP contribution < -0.4 is 11.1 Å². The van der Waals surface area contributed by atoms with E-state index in [0.717, 1.165) is 11.6 Å². The normalized spacial score (nSPS) is 11.5. The van der Waals surface area contributed by atoms with Crippen LogP contribution in [0, 0.1) is 10.1 Å². The molecule has 2 aromatic carbocycles. The lowest BCUT2D eigenvalue weighted by Crippen LogP contribution is -2.35. The number of hydrogen-bond donors (Lipinski definition) is 2. The number of esters is 1. The number of nitro benzene ring substituents is 1. The molecule has 0 heterocycles. The minimum atomic E-state index is -1.10. The van der Waals surface area contributed by atoms with Gasteiger partial charge in [0.15, 0.2) is 6.10 Å². The predicted molar refractivity (Wildman–Crippen MR) is 95.7 cm³/mol. The number of nitrogens with one attached hydrogen (secondary N) is 1. The van der Waals surface area contributed by atoms with Gasteiger partial charge in [0.25, 0.3) is 11.6 Å². The highest BCUT2D eigenvalue weighted by molar-refractivity contribution is 6.30. The lowest BCUT2D eigenvalue weighted by Gasteiger charge is -2.14. The molecule has 2 aromatic rings. The van der Waals surface area contributed by atoms with Gasteiger partial charge < -0.3 is 15.8 Å². The molecule has 9 heteroatoms. The van der Waals surface area contributed by atoms with Crippen LogP contribution in [-0.2, 0) is 16.1 Å². The summed E-state index contributed by atoms with van der Waals surface area (Å²) in [4.78, 5) is 34.3. The fourth-order valence-electron chi connectivity index (χ4n) is 2.05. The molecule has 2 rings (SSSR count). The molecule has 0 aliphatic rings. The molecular formula is C17H16ClN3O5. The molecule has 26 heavy (non-hydrogen) atoms. The fourth-order valence-corrected chi connectivity index (χ4v) is 2.17. The van der Waals surface area contributed by atoms with Crippen LogP contribution in [0.1, 0.15) is 22.8 Å². The number of hydrogen-bond acceptors (Lipinski definition) is 6. The number of rotatable bonds is 6. The first-order valence-corrected chi connectivity index (χ1v) is 7.92. The summed E-state index contributed by atoms with van der Waals surface area (Å²) in [7, 11) is 0. The van der Waals surface area contributed by atoms with Crippen molar-refractivity contribution in [2.75, 3.05) is 5.73 Å². The zero-order chi connectivity index (χ0) is 19.3. The Labute approximate surface area is 154 Å². The van der Waals surface area contributed by atoms with E-state index < -0.39 is 22.9 Å². The van der Waals surface area contributed by atoms with Crippen LogP contribution in [0.2, 0.25) is 5.02 Å². The van der Waals surface area contributed by atoms with Gasteiger partial charge in [-0.1, -0.05) is 23.7 Å². The second kappa shape index (κ2) is 8.30. The first-order chi connectivity index (χ1) is 12.3. The molecule has 8 nitrogen and oxygen atoms in total. The maximum Gasteiger partial charge on any atom is 0.341 e. The molecule has 0 fully saturated rings. The van der Waals surface area contributed by atoms with E-state index in [1.165, 1.54) is 19.1 Å². The van der Waals surface area contributed by atoms with E-state index >= 15 is 0 Å². The highest BCUT2D eigenvalue weighted by atomic mass is 35.5. The number of halogens is 1. The summed E-state index contributed by atoms with van der Waals surface area (Å²) in [5, 5.41) is 14.0. The first-order valence-electron chi connectivity index (χ1n) is 7.55. The summed E-state index contributed by atoms with van der Waals surface area (Å²) in [6, 6.07) is 10.3. The zero-order valence-corrected chi connectivity index (χ0v) is 14.5. The van der Waals surface area contributed by atoms with Crippen LogP contribution in [0.15, 0.2) is 42.5 Å². The van der Waals surface area contributed by atoms with Crippen molar-refractivity contribution < 1.29 is 19.2 Å². The molecule has 0 aromatic heterocycles. The monoisotopic (exact) mass is 377 g/mol. The van der Waals surface area contributed by atoms with Gasteiger partial charge in [-0.25, -0.2) is 4.79 Å². The van der Waals surface area contributed by atoms with Crippen molar-refractivity contribution in [1.82, 2.24) is 5.32 Å². The number of nitro groups is 1. The van der Waals surface area contributed by atoms with Gasteiger partial charge in [-0.15, -0.1) is 0 Å². The van der Waals surface area contributed by atoms with E-state index in [1.807, 2.05) is 0 Å². The van der Waals surface area contributed by atoms with Crippen molar-refractivity contribution in [2.24, 2.45) is 0 Å². The smallest absolute Gasteiger partial charge is 0.341 e. The molecule has 0 aliphatic heterocycles. The van der Waals surface area contributed by atoms with Crippen molar-refractivity contribution in [3.05, 3.63) is 68.7 Å². The van der Waals surface area contributed by atoms with E-state index in [9.17, 15) is 19.7 Å². The van der Waals surface area contributed by atoms with Crippen molar-refractivity contribution >= 4 is 34.9 Å². The third-order valence-corrected chi connectivity index (χ3v) is 3.75. The number of nitrogens with two attached hydrogens (primary N) is 1. The zero-order valence-electron chi connectivity index (χ0n) is 13.8. The molecular weight excluding hydrogens is 362 g/mol. The molecule has 0 radical (unpaired) electrons. The second-order valence-corrected chi connectivity index (χ2v) is 5.86. The van der Waals surface area contributed by atoms with Gasteiger partial charge in [0.1, 0.15) is 0 Å².